The Kier molecular flexibility index (Phi) is 5.51. The second-order valence-electron chi connectivity index (χ2n) is 4.44. The third-order valence-electron chi connectivity index (χ3n) is 1.89. The molecule has 0 radical (unpaired) electrons. The average molecular weight is 198 g/mol. The van der Waals surface area contributed by atoms with Gasteiger partial charge in [-0.25, -0.2) is 0 Å². The van der Waals surface area contributed by atoms with E-state index in [-0.39, 0.29) is 17.5 Å². The molecule has 0 bridgehead atoms. The minimum Gasteiger partial charge on any atom is -0.460 e. The molecule has 0 N–H and O–H groups in total. The molecule has 14 heavy (non-hydrogen) atoms. The van der Waals surface area contributed by atoms with Crippen molar-refractivity contribution in [2.75, 3.05) is 0 Å². The number of rotatable bonds is 4. The number of carbonyl (C=O) groups is 1. The average Bonchev–Trinajstić information content (AvgIpc) is 2.02. The van der Waals surface area contributed by atoms with E-state index < -0.39 is 0 Å². The summed E-state index contributed by atoms with van der Waals surface area (Å²) in [6, 6.07) is 0. The van der Waals surface area contributed by atoms with Crippen molar-refractivity contribution in [3.63, 3.8) is 0 Å². The van der Waals surface area contributed by atoms with Gasteiger partial charge in [-0.15, -0.1) is 0 Å². The van der Waals surface area contributed by atoms with E-state index in [9.17, 15) is 4.79 Å². The highest BCUT2D eigenvalue weighted by Gasteiger charge is 2.22. The van der Waals surface area contributed by atoms with E-state index in [1.165, 1.54) is 0 Å². The van der Waals surface area contributed by atoms with Crippen molar-refractivity contribution < 1.29 is 9.53 Å². The fourth-order valence-electron chi connectivity index (χ4n) is 1.12. The molecule has 2 nitrogen and oxygen atoms in total. The standard InChI is InChI=1S/C12H22O2/c1-6-8-9-10(7-2)11(13)14-12(3,4)5/h6,8,10H,7,9H2,1-5H3. The largest absolute Gasteiger partial charge is 0.460 e. The van der Waals surface area contributed by atoms with Crippen LogP contribution in [0.3, 0.4) is 0 Å². The van der Waals surface area contributed by atoms with Crippen molar-refractivity contribution in [3.8, 4) is 0 Å². The minimum absolute atomic E-state index is 0.00502. The Labute approximate surface area is 87.3 Å². The lowest BCUT2D eigenvalue weighted by Crippen LogP contribution is -2.28. The van der Waals surface area contributed by atoms with E-state index in [0.29, 0.717) is 0 Å². The molecule has 0 aromatic heterocycles. The van der Waals surface area contributed by atoms with Crippen LogP contribution < -0.4 is 0 Å². The first-order valence-corrected chi connectivity index (χ1v) is 5.24. The molecule has 82 valence electrons. The summed E-state index contributed by atoms with van der Waals surface area (Å²) in [7, 11) is 0. The van der Waals surface area contributed by atoms with E-state index in [2.05, 4.69) is 0 Å². The fraction of sp³-hybridized carbons (Fsp3) is 0.750. The highest BCUT2D eigenvalue weighted by atomic mass is 16.6. The molecule has 1 atom stereocenters. The van der Waals surface area contributed by atoms with Gasteiger partial charge in [-0.3, -0.25) is 4.79 Å². The van der Waals surface area contributed by atoms with Crippen molar-refractivity contribution in [2.24, 2.45) is 5.92 Å². The van der Waals surface area contributed by atoms with Gasteiger partial charge >= 0.3 is 5.97 Å². The van der Waals surface area contributed by atoms with Gasteiger partial charge in [0.15, 0.2) is 0 Å². The highest BCUT2D eigenvalue weighted by molar-refractivity contribution is 5.73. The molecular formula is C12H22O2. The summed E-state index contributed by atoms with van der Waals surface area (Å²) in [5.74, 6) is -0.0801. The zero-order valence-corrected chi connectivity index (χ0v) is 9.96. The van der Waals surface area contributed by atoms with Crippen LogP contribution in [0.5, 0.6) is 0 Å². The number of allylic oxidation sites excluding steroid dienone is 2. The second kappa shape index (κ2) is 5.84. The zero-order valence-electron chi connectivity index (χ0n) is 9.96. The van der Waals surface area contributed by atoms with Crippen LogP contribution in [-0.2, 0) is 9.53 Å². The predicted octanol–water partition coefficient (Wildman–Crippen LogP) is 3.32. The Morgan fingerprint density at radius 1 is 1.43 bits per heavy atom. The number of hydrogen-bond donors (Lipinski definition) is 0. The molecule has 0 saturated heterocycles. The first-order chi connectivity index (χ1) is 6.40. The van der Waals surface area contributed by atoms with Crippen LogP contribution in [0.25, 0.3) is 0 Å². The van der Waals surface area contributed by atoms with Gasteiger partial charge in [0.25, 0.3) is 0 Å². The third-order valence-corrected chi connectivity index (χ3v) is 1.89. The van der Waals surface area contributed by atoms with Crippen LogP contribution in [0.4, 0.5) is 0 Å². The molecule has 2 heteroatoms. The van der Waals surface area contributed by atoms with E-state index in [4.69, 9.17) is 4.74 Å². The molecule has 0 aliphatic carbocycles. The summed E-state index contributed by atoms with van der Waals surface area (Å²) in [6.07, 6.45) is 5.59. The Bertz CT molecular complexity index is 199. The zero-order chi connectivity index (χ0) is 11.2. The molecule has 0 aromatic rings. The predicted molar refractivity (Wildman–Crippen MR) is 59.1 cm³/mol. The van der Waals surface area contributed by atoms with Crippen molar-refractivity contribution in [3.05, 3.63) is 12.2 Å². The summed E-state index contributed by atoms with van der Waals surface area (Å²) < 4.78 is 5.31. The molecule has 0 aliphatic heterocycles. The Balaban J connectivity index is 4.18. The summed E-state index contributed by atoms with van der Waals surface area (Å²) >= 11 is 0. The van der Waals surface area contributed by atoms with Gasteiger partial charge in [0.2, 0.25) is 0 Å². The maximum Gasteiger partial charge on any atom is 0.309 e. The minimum atomic E-state index is -0.375. The lowest BCUT2D eigenvalue weighted by Gasteiger charge is -2.22. The third kappa shape index (κ3) is 5.79. The summed E-state index contributed by atoms with van der Waals surface area (Å²) in [5, 5.41) is 0. The molecule has 0 saturated carbocycles. The topological polar surface area (TPSA) is 26.3 Å². The normalized spacial score (nSPS) is 14.4. The fourth-order valence-corrected chi connectivity index (χ4v) is 1.12. The van der Waals surface area contributed by atoms with Gasteiger partial charge in [-0.05, 0) is 40.5 Å². The molecule has 0 heterocycles. The summed E-state index contributed by atoms with van der Waals surface area (Å²) in [4.78, 5) is 11.6. The SMILES string of the molecule is CC=CCC(CC)C(=O)OC(C)(C)C. The molecule has 1 unspecified atom stereocenters. The van der Waals surface area contributed by atoms with Crippen molar-refractivity contribution >= 4 is 5.97 Å². The van der Waals surface area contributed by atoms with Gasteiger partial charge in [0.05, 0.1) is 5.92 Å². The second-order valence-corrected chi connectivity index (χ2v) is 4.44. The molecule has 0 aromatic carbocycles. The number of esters is 1. The molecule has 0 rings (SSSR count). The Morgan fingerprint density at radius 3 is 2.36 bits per heavy atom. The van der Waals surface area contributed by atoms with Crippen LogP contribution in [-0.4, -0.2) is 11.6 Å². The van der Waals surface area contributed by atoms with Crippen LogP contribution in [0.15, 0.2) is 12.2 Å². The lowest BCUT2D eigenvalue weighted by molar-refractivity contribution is -0.159. The van der Waals surface area contributed by atoms with Crippen LogP contribution >= 0.6 is 0 Å². The first kappa shape index (κ1) is 13.2. The van der Waals surface area contributed by atoms with Gasteiger partial charge in [-0.2, -0.15) is 0 Å². The molecule has 0 amide bonds. The van der Waals surface area contributed by atoms with Crippen LogP contribution in [0, 0.1) is 5.92 Å². The Morgan fingerprint density at radius 2 is 2.00 bits per heavy atom. The van der Waals surface area contributed by atoms with Gasteiger partial charge in [0.1, 0.15) is 5.60 Å². The van der Waals surface area contributed by atoms with Crippen molar-refractivity contribution in [1.29, 1.82) is 0 Å². The van der Waals surface area contributed by atoms with E-state index in [1.807, 2.05) is 46.8 Å². The van der Waals surface area contributed by atoms with Gasteiger partial charge in [0, 0.05) is 0 Å². The monoisotopic (exact) mass is 198 g/mol. The number of ether oxygens (including phenoxy) is 1. The molecular weight excluding hydrogens is 176 g/mol. The summed E-state index contributed by atoms with van der Waals surface area (Å²) in [6.45, 7) is 9.66. The number of hydrogen-bond acceptors (Lipinski definition) is 2. The molecule has 0 spiro atoms. The molecule has 0 fully saturated rings. The first-order valence-electron chi connectivity index (χ1n) is 5.24. The van der Waals surface area contributed by atoms with E-state index in [1.54, 1.807) is 0 Å². The van der Waals surface area contributed by atoms with Gasteiger partial charge in [-0.1, -0.05) is 19.1 Å². The molecule has 0 aliphatic rings. The smallest absolute Gasteiger partial charge is 0.309 e. The Hall–Kier alpha value is -0.790. The van der Waals surface area contributed by atoms with Crippen LogP contribution in [0.1, 0.15) is 47.5 Å². The van der Waals surface area contributed by atoms with Crippen LogP contribution in [0.2, 0.25) is 0 Å². The van der Waals surface area contributed by atoms with E-state index >= 15 is 0 Å². The summed E-state index contributed by atoms with van der Waals surface area (Å²) in [5.41, 5.74) is -0.375. The maximum atomic E-state index is 11.6. The maximum absolute atomic E-state index is 11.6. The quantitative estimate of drug-likeness (QED) is 0.511. The van der Waals surface area contributed by atoms with Gasteiger partial charge < -0.3 is 4.74 Å². The lowest BCUT2D eigenvalue weighted by atomic mass is 10.0. The van der Waals surface area contributed by atoms with Crippen molar-refractivity contribution in [2.45, 2.75) is 53.1 Å². The number of carbonyl (C=O) groups excluding carboxylic acids is 1. The van der Waals surface area contributed by atoms with E-state index in [0.717, 1.165) is 12.8 Å². The highest BCUT2D eigenvalue weighted by Crippen LogP contribution is 2.16. The van der Waals surface area contributed by atoms with Crippen molar-refractivity contribution in [1.82, 2.24) is 0 Å².